The largest absolute Gasteiger partial charge is 0.461 e. The molecule has 0 heterocycles. The molecule has 0 saturated heterocycles. The van der Waals surface area contributed by atoms with Crippen LogP contribution in [0.2, 0.25) is 18.1 Å². The van der Waals surface area contributed by atoms with Gasteiger partial charge in [0.2, 0.25) is 0 Å². The van der Waals surface area contributed by atoms with Gasteiger partial charge in [0, 0.05) is 25.8 Å². The summed E-state index contributed by atoms with van der Waals surface area (Å²) in [6.45, 7) is 20.5. The standard InChI is InChI=1S/C25H44O5Si/c1-19(2)12-11-13-20(3)14-15-24(30-22(5)27)23(18-28-21(4)26)16-17-29-31(9,10)25(6,7)8/h12,14,16,24H,11,13,15,17-18H2,1-10H3/b20-14+,23-16+. The maximum atomic E-state index is 11.7. The van der Waals surface area contributed by atoms with Crippen LogP contribution in [0, 0.1) is 0 Å². The van der Waals surface area contributed by atoms with Crippen LogP contribution in [-0.4, -0.2) is 39.6 Å². The summed E-state index contributed by atoms with van der Waals surface area (Å²) in [6.07, 6.45) is 8.21. The lowest BCUT2D eigenvalue weighted by molar-refractivity contribution is -0.145. The smallest absolute Gasteiger partial charge is 0.303 e. The van der Waals surface area contributed by atoms with Crippen molar-refractivity contribution in [1.82, 2.24) is 0 Å². The Labute approximate surface area is 191 Å². The third-order valence-corrected chi connectivity index (χ3v) is 10.0. The number of carbonyl (C=O) groups is 2. The highest BCUT2D eigenvalue weighted by molar-refractivity contribution is 6.74. The van der Waals surface area contributed by atoms with Gasteiger partial charge in [0.25, 0.3) is 0 Å². The number of hydrogen-bond donors (Lipinski definition) is 0. The first-order valence-corrected chi connectivity index (χ1v) is 14.0. The summed E-state index contributed by atoms with van der Waals surface area (Å²) >= 11 is 0. The van der Waals surface area contributed by atoms with E-state index in [4.69, 9.17) is 13.9 Å². The molecule has 0 saturated carbocycles. The zero-order valence-corrected chi connectivity index (χ0v) is 22.4. The topological polar surface area (TPSA) is 61.8 Å². The molecule has 0 bridgehead atoms. The summed E-state index contributed by atoms with van der Waals surface area (Å²) in [7, 11) is -1.92. The minimum atomic E-state index is -1.92. The van der Waals surface area contributed by atoms with Crippen LogP contribution in [0.4, 0.5) is 0 Å². The van der Waals surface area contributed by atoms with Crippen LogP contribution in [0.25, 0.3) is 0 Å². The molecule has 5 nitrogen and oxygen atoms in total. The number of ether oxygens (including phenoxy) is 2. The molecule has 0 radical (unpaired) electrons. The zero-order valence-electron chi connectivity index (χ0n) is 21.4. The van der Waals surface area contributed by atoms with Crippen molar-refractivity contribution in [3.8, 4) is 0 Å². The lowest BCUT2D eigenvalue weighted by Gasteiger charge is -2.36. The molecule has 0 spiro atoms. The molecule has 178 valence electrons. The van der Waals surface area contributed by atoms with E-state index in [2.05, 4.69) is 66.8 Å². The lowest BCUT2D eigenvalue weighted by atomic mass is 10.0. The second-order valence-corrected chi connectivity index (χ2v) is 14.6. The molecule has 0 fully saturated rings. The number of carbonyl (C=O) groups excluding carboxylic acids is 2. The van der Waals surface area contributed by atoms with E-state index in [0.29, 0.717) is 13.0 Å². The molecule has 0 amide bonds. The van der Waals surface area contributed by atoms with Crippen LogP contribution >= 0.6 is 0 Å². The van der Waals surface area contributed by atoms with Gasteiger partial charge in [-0.05, 0) is 51.7 Å². The predicted molar refractivity (Wildman–Crippen MR) is 130 cm³/mol. The van der Waals surface area contributed by atoms with Gasteiger partial charge in [-0.15, -0.1) is 0 Å². The monoisotopic (exact) mass is 452 g/mol. The van der Waals surface area contributed by atoms with Gasteiger partial charge in [-0.2, -0.15) is 0 Å². The molecule has 0 aliphatic rings. The second kappa shape index (κ2) is 13.7. The highest BCUT2D eigenvalue weighted by Gasteiger charge is 2.36. The second-order valence-electron chi connectivity index (χ2n) is 9.84. The normalized spacial score (nSPS) is 14.1. The van der Waals surface area contributed by atoms with E-state index in [1.807, 2.05) is 6.08 Å². The van der Waals surface area contributed by atoms with Crippen molar-refractivity contribution in [2.24, 2.45) is 0 Å². The van der Waals surface area contributed by atoms with Gasteiger partial charge in [0.15, 0.2) is 8.32 Å². The molecule has 0 N–H and O–H groups in total. The van der Waals surface area contributed by atoms with Crippen molar-refractivity contribution in [2.45, 2.75) is 98.9 Å². The Morgan fingerprint density at radius 3 is 2.03 bits per heavy atom. The first kappa shape index (κ1) is 29.3. The molecule has 0 rings (SSSR count). The Bertz CT molecular complexity index is 677. The highest BCUT2D eigenvalue weighted by Crippen LogP contribution is 2.36. The van der Waals surface area contributed by atoms with Gasteiger partial charge in [-0.3, -0.25) is 9.59 Å². The van der Waals surface area contributed by atoms with Crippen molar-refractivity contribution in [3.05, 3.63) is 34.9 Å². The van der Waals surface area contributed by atoms with Crippen molar-refractivity contribution >= 4 is 20.3 Å². The van der Waals surface area contributed by atoms with Gasteiger partial charge in [0.1, 0.15) is 12.7 Å². The highest BCUT2D eigenvalue weighted by atomic mass is 28.4. The molecular weight excluding hydrogens is 408 g/mol. The van der Waals surface area contributed by atoms with Crippen LogP contribution in [-0.2, 0) is 23.5 Å². The summed E-state index contributed by atoms with van der Waals surface area (Å²) in [5, 5.41) is 0.0946. The Kier molecular flexibility index (Phi) is 13.0. The Morgan fingerprint density at radius 1 is 0.935 bits per heavy atom. The van der Waals surface area contributed by atoms with Crippen LogP contribution in [0.1, 0.15) is 74.7 Å². The van der Waals surface area contributed by atoms with E-state index in [9.17, 15) is 9.59 Å². The van der Waals surface area contributed by atoms with Crippen molar-refractivity contribution in [1.29, 1.82) is 0 Å². The van der Waals surface area contributed by atoms with E-state index >= 15 is 0 Å². The average molecular weight is 453 g/mol. The fourth-order valence-corrected chi connectivity index (χ4v) is 3.45. The molecule has 0 aromatic heterocycles. The average Bonchev–Trinajstić information content (AvgIpc) is 2.59. The first-order valence-electron chi connectivity index (χ1n) is 11.1. The third kappa shape index (κ3) is 13.4. The minimum absolute atomic E-state index is 0.0821. The fraction of sp³-hybridized carbons (Fsp3) is 0.680. The van der Waals surface area contributed by atoms with Gasteiger partial charge in [-0.1, -0.05) is 50.1 Å². The Hall–Kier alpha value is -1.66. The van der Waals surface area contributed by atoms with Gasteiger partial charge in [0.05, 0.1) is 6.61 Å². The van der Waals surface area contributed by atoms with Crippen LogP contribution in [0.15, 0.2) is 34.9 Å². The van der Waals surface area contributed by atoms with Gasteiger partial charge < -0.3 is 13.9 Å². The number of rotatable bonds is 12. The summed E-state index contributed by atoms with van der Waals surface area (Å²) < 4.78 is 17.1. The molecule has 6 heteroatoms. The van der Waals surface area contributed by atoms with Gasteiger partial charge in [-0.25, -0.2) is 0 Å². The van der Waals surface area contributed by atoms with Crippen LogP contribution < -0.4 is 0 Å². The van der Waals surface area contributed by atoms with E-state index in [1.54, 1.807) is 0 Å². The Morgan fingerprint density at radius 2 is 1.55 bits per heavy atom. The predicted octanol–water partition coefficient (Wildman–Crippen LogP) is 6.51. The minimum Gasteiger partial charge on any atom is -0.461 e. The van der Waals surface area contributed by atoms with Crippen LogP contribution in [0.3, 0.4) is 0 Å². The third-order valence-electron chi connectivity index (χ3n) is 5.53. The van der Waals surface area contributed by atoms with E-state index < -0.39 is 14.4 Å². The van der Waals surface area contributed by atoms with E-state index in [1.165, 1.54) is 25.0 Å². The maximum absolute atomic E-state index is 11.7. The molecule has 0 aliphatic carbocycles. The quantitative estimate of drug-likeness (QED) is 0.192. The summed E-state index contributed by atoms with van der Waals surface area (Å²) in [6, 6.07) is 0. The molecule has 1 unspecified atom stereocenters. The first-order chi connectivity index (χ1) is 14.2. The molecule has 31 heavy (non-hydrogen) atoms. The maximum Gasteiger partial charge on any atom is 0.303 e. The van der Waals surface area contributed by atoms with Crippen molar-refractivity contribution < 1.29 is 23.5 Å². The molecule has 1 atom stereocenters. The molecule has 0 aliphatic heterocycles. The number of allylic oxidation sites excluding steroid dienone is 3. The summed E-state index contributed by atoms with van der Waals surface area (Å²) in [5.74, 6) is -0.731. The summed E-state index contributed by atoms with van der Waals surface area (Å²) in [4.78, 5) is 23.1. The SMILES string of the molecule is CC(=O)OC/C(=C\CO[Si](C)(C)C(C)(C)C)C(C/C=C(\C)CCC=C(C)C)OC(C)=O. The number of esters is 2. The van der Waals surface area contributed by atoms with Crippen LogP contribution in [0.5, 0.6) is 0 Å². The van der Waals surface area contributed by atoms with Crippen molar-refractivity contribution in [2.75, 3.05) is 13.2 Å². The summed E-state index contributed by atoms with van der Waals surface area (Å²) in [5.41, 5.74) is 3.29. The van der Waals surface area contributed by atoms with E-state index in [-0.39, 0.29) is 23.6 Å². The molecule has 0 aromatic carbocycles. The Balaban J connectivity index is 5.49. The van der Waals surface area contributed by atoms with Crippen molar-refractivity contribution in [3.63, 3.8) is 0 Å². The van der Waals surface area contributed by atoms with Gasteiger partial charge >= 0.3 is 11.9 Å². The lowest BCUT2D eigenvalue weighted by Crippen LogP contribution is -2.40. The molecular formula is C25H44O5Si. The molecule has 0 aromatic rings. The van der Waals surface area contributed by atoms with E-state index in [0.717, 1.165) is 18.4 Å². The fourth-order valence-electron chi connectivity index (χ4n) is 2.52. The zero-order chi connectivity index (χ0) is 24.2. The number of hydrogen-bond acceptors (Lipinski definition) is 5.